The maximum absolute atomic E-state index is 12.6. The first kappa shape index (κ1) is 15.5. The van der Waals surface area contributed by atoms with Gasteiger partial charge in [0.25, 0.3) is 0 Å². The lowest BCUT2D eigenvalue weighted by Crippen LogP contribution is -2.37. The molecule has 2 N–H and O–H groups in total. The van der Waals surface area contributed by atoms with Crippen LogP contribution in [0.25, 0.3) is 0 Å². The molecule has 114 valence electrons. The second kappa shape index (κ2) is 5.50. The Balaban J connectivity index is 2.32. The summed E-state index contributed by atoms with van der Waals surface area (Å²) >= 11 is 0. The second-order valence-corrected chi connectivity index (χ2v) is 7.47. The predicted octanol–water partition coefficient (Wildman–Crippen LogP) is 2.10. The first-order valence-electron chi connectivity index (χ1n) is 7.00. The summed E-state index contributed by atoms with van der Waals surface area (Å²) in [5, 5.41) is 9.38. The van der Waals surface area contributed by atoms with Crippen LogP contribution in [0.1, 0.15) is 43.8 Å². The molecule has 1 fully saturated rings. The van der Waals surface area contributed by atoms with Crippen LogP contribution in [0.5, 0.6) is 0 Å². The smallest absolute Gasteiger partial charge is 0.244 e. The van der Waals surface area contributed by atoms with Crippen LogP contribution in [0, 0.1) is 25.7 Å². The molecule has 0 aromatic carbocycles. The summed E-state index contributed by atoms with van der Waals surface area (Å²) in [7, 11) is -3.66. The SMILES string of the molecule is Cc1oc(C)c(S(=O)(=O)NC2CCC(C)C2C)c1CO. The highest BCUT2D eigenvalue weighted by Crippen LogP contribution is 2.33. The molecule has 0 amide bonds. The summed E-state index contributed by atoms with van der Waals surface area (Å²) in [6.07, 6.45) is 1.89. The summed E-state index contributed by atoms with van der Waals surface area (Å²) in [4.78, 5) is 0.101. The average Bonchev–Trinajstić information content (AvgIpc) is 2.82. The van der Waals surface area contributed by atoms with Crippen LogP contribution in [0.15, 0.2) is 9.31 Å². The highest BCUT2D eigenvalue weighted by molar-refractivity contribution is 7.89. The van der Waals surface area contributed by atoms with E-state index in [2.05, 4.69) is 18.6 Å². The van der Waals surface area contributed by atoms with Crippen molar-refractivity contribution in [3.63, 3.8) is 0 Å². The van der Waals surface area contributed by atoms with Gasteiger partial charge in [-0.3, -0.25) is 0 Å². The molecule has 0 radical (unpaired) electrons. The molecule has 1 aliphatic rings. The van der Waals surface area contributed by atoms with Crippen LogP contribution in [0.3, 0.4) is 0 Å². The lowest BCUT2D eigenvalue weighted by Gasteiger charge is -2.19. The predicted molar refractivity (Wildman–Crippen MR) is 75.8 cm³/mol. The van der Waals surface area contributed by atoms with E-state index in [1.54, 1.807) is 13.8 Å². The van der Waals surface area contributed by atoms with E-state index in [4.69, 9.17) is 4.42 Å². The number of rotatable bonds is 4. The van der Waals surface area contributed by atoms with Gasteiger partial charge in [-0.15, -0.1) is 0 Å². The van der Waals surface area contributed by atoms with Gasteiger partial charge in [-0.05, 0) is 38.5 Å². The maximum atomic E-state index is 12.6. The molecule has 20 heavy (non-hydrogen) atoms. The summed E-state index contributed by atoms with van der Waals surface area (Å²) in [6.45, 7) is 7.16. The fraction of sp³-hybridized carbons (Fsp3) is 0.714. The normalized spacial score (nSPS) is 27.1. The Bertz CT molecular complexity index is 591. The molecule has 2 rings (SSSR count). The Kier molecular flexibility index (Phi) is 4.27. The van der Waals surface area contributed by atoms with Crippen LogP contribution in [-0.2, 0) is 16.6 Å². The van der Waals surface area contributed by atoms with Gasteiger partial charge in [0.05, 0.1) is 6.61 Å². The molecule has 0 spiro atoms. The number of aliphatic hydroxyl groups excluding tert-OH is 1. The topological polar surface area (TPSA) is 79.5 Å². The first-order chi connectivity index (χ1) is 9.27. The van der Waals surface area contributed by atoms with Crippen LogP contribution >= 0.6 is 0 Å². The Morgan fingerprint density at radius 3 is 2.40 bits per heavy atom. The van der Waals surface area contributed by atoms with Crippen molar-refractivity contribution in [1.82, 2.24) is 4.72 Å². The van der Waals surface area contributed by atoms with Gasteiger partial charge in [0.2, 0.25) is 10.0 Å². The molecule has 6 heteroatoms. The van der Waals surface area contributed by atoms with E-state index in [-0.39, 0.29) is 17.5 Å². The first-order valence-corrected chi connectivity index (χ1v) is 8.48. The second-order valence-electron chi connectivity index (χ2n) is 5.82. The largest absolute Gasteiger partial charge is 0.465 e. The Morgan fingerprint density at radius 1 is 1.25 bits per heavy atom. The molecule has 1 aliphatic carbocycles. The number of aryl methyl sites for hydroxylation is 2. The molecule has 0 aliphatic heterocycles. The third kappa shape index (κ3) is 2.64. The van der Waals surface area contributed by atoms with Gasteiger partial charge in [0.15, 0.2) is 0 Å². The van der Waals surface area contributed by atoms with Gasteiger partial charge < -0.3 is 9.52 Å². The van der Waals surface area contributed by atoms with Crippen molar-refractivity contribution in [1.29, 1.82) is 0 Å². The van der Waals surface area contributed by atoms with Crippen molar-refractivity contribution in [3.8, 4) is 0 Å². The minimum Gasteiger partial charge on any atom is -0.465 e. The lowest BCUT2D eigenvalue weighted by atomic mass is 9.98. The van der Waals surface area contributed by atoms with Crippen LogP contribution in [-0.4, -0.2) is 19.6 Å². The number of hydrogen-bond acceptors (Lipinski definition) is 4. The van der Waals surface area contributed by atoms with Gasteiger partial charge in [0.1, 0.15) is 16.4 Å². The highest BCUT2D eigenvalue weighted by atomic mass is 32.2. The number of aliphatic hydroxyl groups is 1. The molecular weight excluding hydrogens is 278 g/mol. The third-order valence-corrected chi connectivity index (χ3v) is 6.21. The Morgan fingerprint density at radius 2 is 1.90 bits per heavy atom. The molecule has 1 aromatic heterocycles. The van der Waals surface area contributed by atoms with Gasteiger partial charge in [-0.2, -0.15) is 0 Å². The van der Waals surface area contributed by atoms with Crippen molar-refractivity contribution in [2.75, 3.05) is 0 Å². The summed E-state index contributed by atoms with van der Waals surface area (Å²) < 4.78 is 33.3. The highest BCUT2D eigenvalue weighted by Gasteiger charge is 2.35. The van der Waals surface area contributed by atoms with Crippen LogP contribution in [0.2, 0.25) is 0 Å². The zero-order valence-corrected chi connectivity index (χ0v) is 13.3. The number of hydrogen-bond donors (Lipinski definition) is 2. The fourth-order valence-corrected chi connectivity index (χ4v) is 4.84. The van der Waals surface area contributed by atoms with Gasteiger partial charge in [-0.25, -0.2) is 13.1 Å². The number of furan rings is 1. The monoisotopic (exact) mass is 301 g/mol. The minimum atomic E-state index is -3.66. The van der Waals surface area contributed by atoms with Crippen molar-refractivity contribution in [2.45, 2.75) is 58.1 Å². The van der Waals surface area contributed by atoms with Gasteiger partial charge in [-0.1, -0.05) is 13.8 Å². The molecule has 5 nitrogen and oxygen atoms in total. The molecule has 1 saturated carbocycles. The lowest BCUT2D eigenvalue weighted by molar-refractivity contribution is 0.276. The summed E-state index contributed by atoms with van der Waals surface area (Å²) in [5.74, 6) is 1.62. The molecule has 0 saturated heterocycles. The quantitative estimate of drug-likeness (QED) is 0.892. The van der Waals surface area contributed by atoms with Crippen molar-refractivity contribution in [3.05, 3.63) is 17.1 Å². The maximum Gasteiger partial charge on any atom is 0.244 e. The fourth-order valence-electron chi connectivity index (χ4n) is 3.03. The molecule has 0 bridgehead atoms. The van der Waals surface area contributed by atoms with E-state index in [0.29, 0.717) is 28.9 Å². The number of sulfonamides is 1. The van der Waals surface area contributed by atoms with E-state index >= 15 is 0 Å². The minimum absolute atomic E-state index is 0.0452. The van der Waals surface area contributed by atoms with E-state index in [0.717, 1.165) is 12.8 Å². The molecular formula is C14H23NO4S. The summed E-state index contributed by atoms with van der Waals surface area (Å²) in [6, 6.07) is -0.0452. The van der Waals surface area contributed by atoms with Crippen molar-refractivity contribution >= 4 is 10.0 Å². The molecule has 3 atom stereocenters. The van der Waals surface area contributed by atoms with Gasteiger partial charge in [0, 0.05) is 11.6 Å². The third-order valence-electron chi connectivity index (χ3n) is 4.52. The van der Waals surface area contributed by atoms with Crippen LogP contribution < -0.4 is 4.72 Å². The number of nitrogens with one attached hydrogen (secondary N) is 1. The summed E-state index contributed by atoms with van der Waals surface area (Å²) in [5.41, 5.74) is 0.355. The van der Waals surface area contributed by atoms with E-state index in [9.17, 15) is 13.5 Å². The molecule has 1 heterocycles. The van der Waals surface area contributed by atoms with E-state index in [1.165, 1.54) is 0 Å². The van der Waals surface area contributed by atoms with Crippen LogP contribution in [0.4, 0.5) is 0 Å². The van der Waals surface area contributed by atoms with E-state index in [1.807, 2.05) is 0 Å². The van der Waals surface area contributed by atoms with E-state index < -0.39 is 10.0 Å². The molecule has 3 unspecified atom stereocenters. The zero-order chi connectivity index (χ0) is 15.1. The Hall–Kier alpha value is -0.850. The van der Waals surface area contributed by atoms with Crippen molar-refractivity contribution < 1.29 is 17.9 Å². The van der Waals surface area contributed by atoms with Crippen molar-refractivity contribution in [2.24, 2.45) is 11.8 Å². The van der Waals surface area contributed by atoms with Gasteiger partial charge >= 0.3 is 0 Å². The Labute approximate surface area is 120 Å². The average molecular weight is 301 g/mol. The zero-order valence-electron chi connectivity index (χ0n) is 12.4. The standard InChI is InChI=1S/C14H23NO4S/c1-8-5-6-13(9(8)2)15-20(17,18)14-11(4)19-10(3)12(14)7-16/h8-9,13,15-16H,5-7H2,1-4H3. The molecule has 1 aromatic rings.